The molecule has 0 aromatic carbocycles. The quantitative estimate of drug-likeness (QED) is 0.0848. The minimum atomic E-state index is 0.634. The SMILES string of the molecule is CCCCCCCCCCCCCCCCCCC1N(CC)C=CN1CCCCCCCCCCCCC. The molecule has 0 saturated heterocycles. The summed E-state index contributed by atoms with van der Waals surface area (Å²) in [6, 6.07) is 0. The Labute approximate surface area is 241 Å². The van der Waals surface area contributed by atoms with Crippen molar-refractivity contribution in [2.24, 2.45) is 0 Å². The molecule has 0 aliphatic carbocycles. The van der Waals surface area contributed by atoms with E-state index >= 15 is 0 Å². The Morgan fingerprint density at radius 2 is 0.684 bits per heavy atom. The standard InChI is InChI=1S/C36H72N2/c1-4-7-9-11-13-15-17-18-19-20-21-22-24-26-28-30-32-36-37(6-3)34-35-38(36)33-31-29-27-25-23-16-14-12-10-8-5-2/h34-36H,4-33H2,1-3H3. The molecule has 0 saturated carbocycles. The summed E-state index contributed by atoms with van der Waals surface area (Å²) in [5.74, 6) is 0. The molecule has 0 bridgehead atoms. The van der Waals surface area contributed by atoms with Gasteiger partial charge in [0.25, 0.3) is 0 Å². The van der Waals surface area contributed by atoms with E-state index in [0.717, 1.165) is 6.54 Å². The molecule has 1 unspecified atom stereocenters. The first-order valence-corrected chi connectivity index (χ1v) is 18.0. The zero-order valence-electron chi connectivity index (χ0n) is 26.8. The molecule has 226 valence electrons. The van der Waals surface area contributed by atoms with Crippen molar-refractivity contribution in [1.82, 2.24) is 9.80 Å². The second-order valence-electron chi connectivity index (χ2n) is 12.5. The molecular weight excluding hydrogens is 460 g/mol. The van der Waals surface area contributed by atoms with Crippen molar-refractivity contribution in [2.75, 3.05) is 13.1 Å². The van der Waals surface area contributed by atoms with Crippen molar-refractivity contribution < 1.29 is 0 Å². The second-order valence-corrected chi connectivity index (χ2v) is 12.5. The molecule has 1 atom stereocenters. The smallest absolute Gasteiger partial charge is 0.101 e. The highest BCUT2D eigenvalue weighted by Gasteiger charge is 2.23. The van der Waals surface area contributed by atoms with E-state index in [-0.39, 0.29) is 0 Å². The summed E-state index contributed by atoms with van der Waals surface area (Å²) in [5, 5.41) is 0. The van der Waals surface area contributed by atoms with Crippen LogP contribution in [0.2, 0.25) is 0 Å². The van der Waals surface area contributed by atoms with Crippen LogP contribution in [0.1, 0.15) is 201 Å². The predicted octanol–water partition coefficient (Wildman–Crippen LogP) is 12.4. The summed E-state index contributed by atoms with van der Waals surface area (Å²) in [7, 11) is 0. The molecule has 0 amide bonds. The fourth-order valence-electron chi connectivity index (χ4n) is 6.27. The van der Waals surface area contributed by atoms with Crippen molar-refractivity contribution in [3.63, 3.8) is 0 Å². The monoisotopic (exact) mass is 533 g/mol. The Balaban J connectivity index is 1.93. The highest BCUT2D eigenvalue weighted by Crippen LogP contribution is 2.23. The van der Waals surface area contributed by atoms with Gasteiger partial charge in [-0.05, 0) is 26.2 Å². The normalized spacial score (nSPS) is 15.3. The molecule has 0 N–H and O–H groups in total. The van der Waals surface area contributed by atoms with Gasteiger partial charge in [-0.3, -0.25) is 0 Å². The molecule has 1 aliphatic rings. The minimum Gasteiger partial charge on any atom is -0.356 e. The van der Waals surface area contributed by atoms with Gasteiger partial charge < -0.3 is 9.80 Å². The van der Waals surface area contributed by atoms with E-state index in [1.54, 1.807) is 0 Å². The molecule has 1 aliphatic heterocycles. The Hall–Kier alpha value is -0.660. The first-order chi connectivity index (χ1) is 18.8. The lowest BCUT2D eigenvalue weighted by molar-refractivity contribution is 0.142. The van der Waals surface area contributed by atoms with E-state index in [4.69, 9.17) is 0 Å². The summed E-state index contributed by atoms with van der Waals surface area (Å²) in [6.45, 7) is 9.34. The summed E-state index contributed by atoms with van der Waals surface area (Å²) < 4.78 is 0. The van der Waals surface area contributed by atoms with E-state index in [1.165, 1.54) is 186 Å². The fourth-order valence-corrected chi connectivity index (χ4v) is 6.27. The van der Waals surface area contributed by atoms with E-state index in [1.807, 2.05) is 0 Å². The van der Waals surface area contributed by atoms with Crippen molar-refractivity contribution in [3.8, 4) is 0 Å². The lowest BCUT2D eigenvalue weighted by Crippen LogP contribution is -2.38. The van der Waals surface area contributed by atoms with Crippen molar-refractivity contribution in [3.05, 3.63) is 12.4 Å². The van der Waals surface area contributed by atoms with Crippen LogP contribution in [0.4, 0.5) is 0 Å². The molecule has 0 fully saturated rings. The van der Waals surface area contributed by atoms with E-state index in [2.05, 4.69) is 43.0 Å². The number of nitrogens with zero attached hydrogens (tertiary/aromatic N) is 2. The van der Waals surface area contributed by atoms with Gasteiger partial charge in [-0.25, -0.2) is 0 Å². The van der Waals surface area contributed by atoms with Crippen LogP contribution in [0.15, 0.2) is 12.4 Å². The van der Waals surface area contributed by atoms with Crippen LogP contribution in [0.3, 0.4) is 0 Å². The molecule has 0 aromatic heterocycles. The minimum absolute atomic E-state index is 0.634. The van der Waals surface area contributed by atoms with Gasteiger partial charge in [0, 0.05) is 25.5 Å². The molecule has 1 heterocycles. The maximum atomic E-state index is 2.66. The Morgan fingerprint density at radius 3 is 1.05 bits per heavy atom. The average molecular weight is 533 g/mol. The number of hydrogen-bond acceptors (Lipinski definition) is 2. The van der Waals surface area contributed by atoms with Crippen molar-refractivity contribution in [1.29, 1.82) is 0 Å². The number of unbranched alkanes of at least 4 members (excludes halogenated alkanes) is 25. The first-order valence-electron chi connectivity index (χ1n) is 18.0. The van der Waals surface area contributed by atoms with E-state index < -0.39 is 0 Å². The topological polar surface area (TPSA) is 6.48 Å². The van der Waals surface area contributed by atoms with E-state index in [0.29, 0.717) is 6.17 Å². The van der Waals surface area contributed by atoms with Crippen LogP contribution in [-0.2, 0) is 0 Å². The Morgan fingerprint density at radius 1 is 0.368 bits per heavy atom. The maximum Gasteiger partial charge on any atom is 0.101 e. The zero-order chi connectivity index (χ0) is 27.4. The Kier molecular flexibility index (Phi) is 26.0. The fraction of sp³-hybridized carbons (Fsp3) is 0.944. The third-order valence-electron chi connectivity index (χ3n) is 8.92. The van der Waals surface area contributed by atoms with Crippen LogP contribution in [-0.4, -0.2) is 29.1 Å². The summed E-state index contributed by atoms with van der Waals surface area (Å²) in [6.07, 6.45) is 45.8. The largest absolute Gasteiger partial charge is 0.356 e. The van der Waals surface area contributed by atoms with Crippen LogP contribution in [0.25, 0.3) is 0 Å². The number of rotatable bonds is 30. The third-order valence-corrected chi connectivity index (χ3v) is 8.92. The Bertz CT molecular complexity index is 488. The molecule has 2 heteroatoms. The summed E-state index contributed by atoms with van der Waals surface area (Å²) in [5.41, 5.74) is 0. The number of hydrogen-bond donors (Lipinski definition) is 0. The summed E-state index contributed by atoms with van der Waals surface area (Å²) in [4.78, 5) is 5.23. The van der Waals surface area contributed by atoms with Gasteiger partial charge in [-0.1, -0.05) is 174 Å². The molecule has 1 rings (SSSR count). The molecular formula is C36H72N2. The molecule has 0 aromatic rings. The van der Waals surface area contributed by atoms with Crippen molar-refractivity contribution in [2.45, 2.75) is 207 Å². The predicted molar refractivity (Wildman–Crippen MR) is 173 cm³/mol. The highest BCUT2D eigenvalue weighted by molar-refractivity contribution is 4.96. The lowest BCUT2D eigenvalue weighted by atomic mass is 10.0. The van der Waals surface area contributed by atoms with Crippen LogP contribution < -0.4 is 0 Å². The van der Waals surface area contributed by atoms with Crippen LogP contribution in [0, 0.1) is 0 Å². The third kappa shape index (κ3) is 20.3. The summed E-state index contributed by atoms with van der Waals surface area (Å²) >= 11 is 0. The van der Waals surface area contributed by atoms with Gasteiger partial charge in [0.05, 0.1) is 0 Å². The van der Waals surface area contributed by atoms with Gasteiger partial charge in [-0.2, -0.15) is 0 Å². The molecule has 0 radical (unpaired) electrons. The zero-order valence-corrected chi connectivity index (χ0v) is 26.8. The van der Waals surface area contributed by atoms with Gasteiger partial charge in [0.15, 0.2) is 0 Å². The average Bonchev–Trinajstić information content (AvgIpc) is 3.33. The van der Waals surface area contributed by atoms with Gasteiger partial charge >= 0.3 is 0 Å². The highest BCUT2D eigenvalue weighted by atomic mass is 15.4. The maximum absolute atomic E-state index is 2.66. The van der Waals surface area contributed by atoms with Gasteiger partial charge in [0.1, 0.15) is 6.17 Å². The van der Waals surface area contributed by atoms with E-state index in [9.17, 15) is 0 Å². The lowest BCUT2D eigenvalue weighted by Gasteiger charge is -2.32. The molecule has 0 spiro atoms. The van der Waals surface area contributed by atoms with Crippen LogP contribution >= 0.6 is 0 Å². The van der Waals surface area contributed by atoms with Crippen LogP contribution in [0.5, 0.6) is 0 Å². The van der Waals surface area contributed by atoms with Crippen molar-refractivity contribution >= 4 is 0 Å². The first kappa shape index (κ1) is 35.4. The van der Waals surface area contributed by atoms with Gasteiger partial charge in [0.2, 0.25) is 0 Å². The molecule has 38 heavy (non-hydrogen) atoms. The van der Waals surface area contributed by atoms with Gasteiger partial charge in [-0.15, -0.1) is 0 Å². The second kappa shape index (κ2) is 27.9. The molecule has 2 nitrogen and oxygen atoms in total.